The molecule has 2 aromatic rings. The van der Waals surface area contributed by atoms with Crippen LogP contribution in [0.15, 0.2) is 60.3 Å². The molecule has 1 aromatic heterocycles. The topological polar surface area (TPSA) is 74.8 Å². The monoisotopic (exact) mass is 504 g/mol. The second kappa shape index (κ2) is 12.3. The number of carbonyl (C=O) groups excluding carboxylic acids is 2. The SMILES string of the molecule is COc1ccccc1C(=O)NCC1C=C(C)C(CC(=O)N2CCN(c3ccccn3)CC2)CC1C(C)C. The van der Waals surface area contributed by atoms with Gasteiger partial charge in [0.25, 0.3) is 5.91 Å². The van der Waals surface area contributed by atoms with Crippen LogP contribution in [-0.2, 0) is 4.79 Å². The Kier molecular flexibility index (Phi) is 8.85. The number of nitrogens with one attached hydrogen (secondary N) is 1. The second-order valence-electron chi connectivity index (χ2n) is 10.6. The number of piperazine rings is 1. The van der Waals surface area contributed by atoms with Crippen molar-refractivity contribution < 1.29 is 14.3 Å². The lowest BCUT2D eigenvalue weighted by Gasteiger charge is -2.39. The van der Waals surface area contributed by atoms with Gasteiger partial charge in [-0.2, -0.15) is 0 Å². The Morgan fingerprint density at radius 3 is 2.49 bits per heavy atom. The summed E-state index contributed by atoms with van der Waals surface area (Å²) >= 11 is 0. The zero-order valence-electron chi connectivity index (χ0n) is 22.5. The van der Waals surface area contributed by atoms with E-state index in [1.54, 1.807) is 19.2 Å². The fraction of sp³-hybridized carbons (Fsp3) is 0.500. The molecule has 7 heteroatoms. The van der Waals surface area contributed by atoms with E-state index in [2.05, 4.69) is 42.0 Å². The minimum absolute atomic E-state index is 0.117. The second-order valence-corrected chi connectivity index (χ2v) is 10.6. The number of carbonyl (C=O) groups is 2. The number of aromatic nitrogens is 1. The predicted molar refractivity (Wildman–Crippen MR) is 147 cm³/mol. The molecule has 4 rings (SSSR count). The van der Waals surface area contributed by atoms with Crippen molar-refractivity contribution >= 4 is 17.6 Å². The van der Waals surface area contributed by atoms with Crippen molar-refractivity contribution in [3.63, 3.8) is 0 Å². The average molecular weight is 505 g/mol. The molecular formula is C30H40N4O3. The van der Waals surface area contributed by atoms with Gasteiger partial charge in [-0.1, -0.05) is 43.7 Å². The molecule has 1 aromatic carbocycles. The number of rotatable bonds is 8. The van der Waals surface area contributed by atoms with E-state index in [-0.39, 0.29) is 23.7 Å². The summed E-state index contributed by atoms with van der Waals surface area (Å²) < 4.78 is 5.35. The quantitative estimate of drug-likeness (QED) is 0.539. The summed E-state index contributed by atoms with van der Waals surface area (Å²) in [6.45, 7) is 10.3. The van der Waals surface area contributed by atoms with Crippen LogP contribution in [0.5, 0.6) is 5.75 Å². The molecule has 2 aliphatic rings. The Labute approximate surface area is 220 Å². The van der Waals surface area contributed by atoms with Crippen molar-refractivity contribution in [1.29, 1.82) is 0 Å². The highest BCUT2D eigenvalue weighted by atomic mass is 16.5. The minimum atomic E-state index is -0.117. The highest BCUT2D eigenvalue weighted by Gasteiger charge is 2.34. The number of methoxy groups -OCH3 is 1. The number of anilines is 1. The molecule has 3 unspecified atom stereocenters. The molecule has 1 fully saturated rings. The number of allylic oxidation sites excluding steroid dienone is 1. The largest absolute Gasteiger partial charge is 0.496 e. The fourth-order valence-electron chi connectivity index (χ4n) is 5.71. The normalized spacial score (nSPS) is 22.0. The smallest absolute Gasteiger partial charge is 0.255 e. The maximum absolute atomic E-state index is 13.2. The predicted octanol–water partition coefficient (Wildman–Crippen LogP) is 4.41. The van der Waals surface area contributed by atoms with Gasteiger partial charge >= 0.3 is 0 Å². The molecule has 0 spiro atoms. The first-order valence-corrected chi connectivity index (χ1v) is 13.4. The molecule has 1 aliphatic carbocycles. The van der Waals surface area contributed by atoms with Crippen molar-refractivity contribution in [2.24, 2.45) is 23.7 Å². The van der Waals surface area contributed by atoms with Gasteiger partial charge in [0.15, 0.2) is 0 Å². The Hall–Kier alpha value is -3.35. The van der Waals surface area contributed by atoms with Gasteiger partial charge in [0.1, 0.15) is 11.6 Å². The molecule has 1 aliphatic heterocycles. The molecule has 1 saturated heterocycles. The van der Waals surface area contributed by atoms with Crippen LogP contribution in [0.1, 0.15) is 44.0 Å². The summed E-state index contributed by atoms with van der Waals surface area (Å²) in [5, 5.41) is 3.13. The molecule has 37 heavy (non-hydrogen) atoms. The van der Waals surface area contributed by atoms with E-state index in [1.807, 2.05) is 41.4 Å². The maximum atomic E-state index is 13.2. The van der Waals surface area contributed by atoms with Gasteiger partial charge in [0, 0.05) is 45.3 Å². The standard InChI is InChI=1S/C30H40N4O3/c1-21(2)26-18-23(19-29(35)34-15-13-33(14-16-34)28-11-7-8-12-31-28)22(3)17-24(26)20-32-30(36)25-9-5-6-10-27(25)37-4/h5-12,17,21,23-24,26H,13-16,18-20H2,1-4H3,(H,32,36). The van der Waals surface area contributed by atoms with Crippen LogP contribution in [0, 0.1) is 23.7 Å². The van der Waals surface area contributed by atoms with Crippen LogP contribution >= 0.6 is 0 Å². The molecule has 2 amide bonds. The summed E-state index contributed by atoms with van der Waals surface area (Å²) in [5.41, 5.74) is 1.81. The highest BCUT2D eigenvalue weighted by molar-refractivity contribution is 5.96. The molecular weight excluding hydrogens is 464 g/mol. The van der Waals surface area contributed by atoms with E-state index in [1.165, 1.54) is 5.57 Å². The van der Waals surface area contributed by atoms with Gasteiger partial charge in [-0.15, -0.1) is 0 Å². The van der Waals surface area contributed by atoms with Gasteiger partial charge in [0.05, 0.1) is 12.7 Å². The van der Waals surface area contributed by atoms with Crippen molar-refractivity contribution in [3.05, 3.63) is 65.9 Å². The first kappa shape index (κ1) is 26.7. The number of para-hydroxylation sites is 1. The maximum Gasteiger partial charge on any atom is 0.255 e. The number of nitrogens with zero attached hydrogens (tertiary/aromatic N) is 3. The van der Waals surface area contributed by atoms with Crippen LogP contribution in [0.25, 0.3) is 0 Å². The summed E-state index contributed by atoms with van der Waals surface area (Å²) in [6.07, 6.45) is 5.63. The van der Waals surface area contributed by atoms with E-state index in [4.69, 9.17) is 4.74 Å². The fourth-order valence-corrected chi connectivity index (χ4v) is 5.71. The third-order valence-electron chi connectivity index (χ3n) is 7.96. The average Bonchev–Trinajstić information content (AvgIpc) is 2.93. The van der Waals surface area contributed by atoms with Crippen molar-refractivity contribution in [1.82, 2.24) is 15.2 Å². The number of hydrogen-bond donors (Lipinski definition) is 1. The lowest BCUT2D eigenvalue weighted by Crippen LogP contribution is -2.49. The van der Waals surface area contributed by atoms with E-state index in [9.17, 15) is 9.59 Å². The van der Waals surface area contributed by atoms with Crippen LogP contribution in [0.2, 0.25) is 0 Å². The number of benzene rings is 1. The molecule has 0 bridgehead atoms. The number of hydrogen-bond acceptors (Lipinski definition) is 5. The Morgan fingerprint density at radius 2 is 1.81 bits per heavy atom. The van der Waals surface area contributed by atoms with Crippen LogP contribution in [0.3, 0.4) is 0 Å². The third kappa shape index (κ3) is 6.51. The van der Waals surface area contributed by atoms with Gasteiger partial charge in [-0.25, -0.2) is 4.98 Å². The Morgan fingerprint density at radius 1 is 1.08 bits per heavy atom. The Balaban J connectivity index is 1.34. The summed E-state index contributed by atoms with van der Waals surface area (Å²) in [6, 6.07) is 13.2. The molecule has 198 valence electrons. The lowest BCUT2D eigenvalue weighted by molar-refractivity contribution is -0.132. The zero-order valence-corrected chi connectivity index (χ0v) is 22.5. The van der Waals surface area contributed by atoms with Gasteiger partial charge in [-0.3, -0.25) is 9.59 Å². The summed E-state index contributed by atoms with van der Waals surface area (Å²) in [5.74, 6) is 3.02. The lowest BCUT2D eigenvalue weighted by atomic mass is 9.69. The third-order valence-corrected chi connectivity index (χ3v) is 7.96. The van der Waals surface area contributed by atoms with E-state index < -0.39 is 0 Å². The van der Waals surface area contributed by atoms with Crippen LogP contribution in [-0.4, -0.2) is 61.5 Å². The molecule has 0 radical (unpaired) electrons. The van der Waals surface area contributed by atoms with Crippen molar-refractivity contribution in [2.75, 3.05) is 44.7 Å². The number of amides is 2. The van der Waals surface area contributed by atoms with E-state index >= 15 is 0 Å². The first-order valence-electron chi connectivity index (χ1n) is 13.4. The van der Waals surface area contributed by atoms with Gasteiger partial charge in [0.2, 0.25) is 5.91 Å². The van der Waals surface area contributed by atoms with Gasteiger partial charge < -0.3 is 19.9 Å². The molecule has 2 heterocycles. The van der Waals surface area contributed by atoms with Crippen LogP contribution < -0.4 is 15.0 Å². The van der Waals surface area contributed by atoms with E-state index in [0.29, 0.717) is 36.1 Å². The molecule has 1 N–H and O–H groups in total. The first-order chi connectivity index (χ1) is 17.9. The summed E-state index contributed by atoms with van der Waals surface area (Å²) in [7, 11) is 1.58. The van der Waals surface area contributed by atoms with E-state index in [0.717, 1.165) is 38.4 Å². The summed E-state index contributed by atoms with van der Waals surface area (Å²) in [4.78, 5) is 34.8. The van der Waals surface area contributed by atoms with Crippen molar-refractivity contribution in [3.8, 4) is 5.75 Å². The molecule has 0 saturated carbocycles. The van der Waals surface area contributed by atoms with Crippen molar-refractivity contribution in [2.45, 2.75) is 33.6 Å². The number of ether oxygens (including phenoxy) is 1. The minimum Gasteiger partial charge on any atom is -0.496 e. The van der Waals surface area contributed by atoms with Crippen LogP contribution in [0.4, 0.5) is 5.82 Å². The van der Waals surface area contributed by atoms with Gasteiger partial charge in [-0.05, 0) is 61.3 Å². The molecule has 7 nitrogen and oxygen atoms in total. The highest BCUT2D eigenvalue weighted by Crippen LogP contribution is 2.39. The Bertz CT molecular complexity index is 1090. The number of pyridine rings is 1. The zero-order chi connectivity index (χ0) is 26.4. The molecule has 3 atom stereocenters.